The lowest BCUT2D eigenvalue weighted by Crippen LogP contribution is -2.50. The summed E-state index contributed by atoms with van der Waals surface area (Å²) in [4.78, 5) is 26.4. The summed E-state index contributed by atoms with van der Waals surface area (Å²) in [6, 6.07) is 3.80. The first-order valence-corrected chi connectivity index (χ1v) is 9.05. The van der Waals surface area contributed by atoms with Crippen molar-refractivity contribution in [3.63, 3.8) is 0 Å². The Bertz CT molecular complexity index is 675. The monoisotopic (exact) mass is 331 g/mol. The Labute approximate surface area is 141 Å². The van der Waals surface area contributed by atoms with Gasteiger partial charge in [-0.3, -0.25) is 4.79 Å². The van der Waals surface area contributed by atoms with Crippen molar-refractivity contribution < 1.29 is 9.53 Å². The number of carbonyl (C=O) groups excluding carboxylic acids is 1. The van der Waals surface area contributed by atoms with Gasteiger partial charge >= 0.3 is 6.03 Å². The molecule has 1 aliphatic heterocycles. The van der Waals surface area contributed by atoms with Crippen LogP contribution in [0.4, 0.5) is 4.79 Å². The van der Waals surface area contributed by atoms with Gasteiger partial charge < -0.3 is 19.5 Å². The maximum absolute atomic E-state index is 12.4. The molecule has 1 saturated carbocycles. The van der Waals surface area contributed by atoms with Crippen LogP contribution in [-0.4, -0.2) is 47.8 Å². The van der Waals surface area contributed by atoms with Crippen LogP contribution in [-0.2, 0) is 24.1 Å². The van der Waals surface area contributed by atoms with E-state index >= 15 is 0 Å². The number of nitrogens with one attached hydrogen (secondary N) is 1. The van der Waals surface area contributed by atoms with Crippen LogP contribution in [0.25, 0.3) is 0 Å². The van der Waals surface area contributed by atoms with Crippen molar-refractivity contribution in [2.24, 2.45) is 5.92 Å². The minimum Gasteiger partial charge on any atom is -0.378 e. The quantitative estimate of drug-likeness (QED) is 0.904. The number of hydrogen-bond donors (Lipinski definition) is 1. The van der Waals surface area contributed by atoms with Gasteiger partial charge in [-0.15, -0.1) is 0 Å². The van der Waals surface area contributed by atoms with Gasteiger partial charge in [-0.2, -0.15) is 0 Å². The Hall–Kier alpha value is -1.82. The molecule has 6 heteroatoms. The maximum Gasteiger partial charge on any atom is 0.317 e. The number of fused-ring (bicyclic) bond motifs is 1. The number of carbonyl (C=O) groups is 1. The van der Waals surface area contributed by atoms with E-state index < -0.39 is 0 Å². The maximum atomic E-state index is 12.4. The van der Waals surface area contributed by atoms with E-state index in [2.05, 4.69) is 5.32 Å². The minimum atomic E-state index is 0.0121. The van der Waals surface area contributed by atoms with E-state index in [0.717, 1.165) is 25.8 Å². The largest absolute Gasteiger partial charge is 0.378 e. The fourth-order valence-corrected chi connectivity index (χ4v) is 3.74. The molecule has 130 valence electrons. The summed E-state index contributed by atoms with van der Waals surface area (Å²) >= 11 is 0. The van der Waals surface area contributed by atoms with Gasteiger partial charge in [0.15, 0.2) is 0 Å². The fraction of sp³-hybridized carbons (Fsp3) is 0.667. The second-order valence-electron chi connectivity index (χ2n) is 7.19. The van der Waals surface area contributed by atoms with Gasteiger partial charge in [0.2, 0.25) is 0 Å². The highest BCUT2D eigenvalue weighted by molar-refractivity contribution is 5.74. The number of urea groups is 1. The molecule has 1 N–H and O–H groups in total. The average molecular weight is 331 g/mol. The molecule has 1 aromatic heterocycles. The van der Waals surface area contributed by atoms with Gasteiger partial charge in [0, 0.05) is 37.4 Å². The summed E-state index contributed by atoms with van der Waals surface area (Å²) in [7, 11) is 0. The Morgan fingerprint density at radius 2 is 2.00 bits per heavy atom. The lowest BCUT2D eigenvalue weighted by molar-refractivity contribution is 0.0523. The van der Waals surface area contributed by atoms with Crippen LogP contribution in [0.15, 0.2) is 16.9 Å². The van der Waals surface area contributed by atoms with E-state index in [1.165, 1.54) is 24.1 Å². The molecule has 0 aromatic carbocycles. The summed E-state index contributed by atoms with van der Waals surface area (Å²) in [5.41, 5.74) is 2.52. The van der Waals surface area contributed by atoms with Crippen LogP contribution in [0, 0.1) is 5.92 Å². The highest BCUT2D eigenvalue weighted by Crippen LogP contribution is 2.31. The molecule has 4 rings (SSSR count). The van der Waals surface area contributed by atoms with Crippen LogP contribution in [0.2, 0.25) is 0 Å². The first kappa shape index (κ1) is 15.7. The molecule has 1 saturated heterocycles. The first-order chi connectivity index (χ1) is 11.7. The van der Waals surface area contributed by atoms with E-state index in [0.29, 0.717) is 32.2 Å². The van der Waals surface area contributed by atoms with Crippen LogP contribution in [0.3, 0.4) is 0 Å². The van der Waals surface area contributed by atoms with Crippen molar-refractivity contribution in [1.82, 2.24) is 14.8 Å². The third-order valence-electron chi connectivity index (χ3n) is 5.35. The lowest BCUT2D eigenvalue weighted by atomic mass is 9.91. The van der Waals surface area contributed by atoms with E-state index in [9.17, 15) is 9.59 Å². The van der Waals surface area contributed by atoms with Crippen molar-refractivity contribution in [3.8, 4) is 0 Å². The molecule has 0 bridgehead atoms. The predicted molar refractivity (Wildman–Crippen MR) is 90.2 cm³/mol. The molecule has 0 unspecified atom stereocenters. The van der Waals surface area contributed by atoms with Crippen LogP contribution < -0.4 is 10.9 Å². The second-order valence-corrected chi connectivity index (χ2v) is 7.19. The SMILES string of the molecule is O=C(N[C@H]1CCc2c(ccc(=O)n2CC2CC2)C1)N1CCOCC1. The highest BCUT2D eigenvalue weighted by atomic mass is 16.5. The zero-order chi connectivity index (χ0) is 16.5. The molecular formula is C18H25N3O3. The zero-order valence-electron chi connectivity index (χ0n) is 14.0. The fourth-order valence-electron chi connectivity index (χ4n) is 3.74. The first-order valence-electron chi connectivity index (χ1n) is 9.05. The second kappa shape index (κ2) is 6.59. The molecular weight excluding hydrogens is 306 g/mol. The van der Waals surface area contributed by atoms with E-state index in [4.69, 9.17) is 4.74 Å². The number of aromatic nitrogens is 1. The zero-order valence-corrected chi connectivity index (χ0v) is 14.0. The number of nitrogens with zero attached hydrogens (tertiary/aromatic N) is 2. The summed E-state index contributed by atoms with van der Waals surface area (Å²) in [5, 5.41) is 3.16. The normalized spacial score (nSPS) is 23.7. The summed E-state index contributed by atoms with van der Waals surface area (Å²) in [6.45, 7) is 3.43. The van der Waals surface area contributed by atoms with Gasteiger partial charge in [0.05, 0.1) is 13.2 Å². The molecule has 0 spiro atoms. The smallest absolute Gasteiger partial charge is 0.317 e. The lowest BCUT2D eigenvalue weighted by Gasteiger charge is -2.32. The standard InChI is InChI=1S/C18H25N3O3/c22-17-6-3-14-11-15(19-18(23)20-7-9-24-10-8-20)4-5-16(14)21(17)12-13-1-2-13/h3,6,13,15H,1-2,4-5,7-12H2,(H,19,23)/t15-/m0/s1. The number of amides is 2. The van der Waals surface area contributed by atoms with Crippen molar-refractivity contribution in [3.05, 3.63) is 33.7 Å². The van der Waals surface area contributed by atoms with Crippen LogP contribution in [0.5, 0.6) is 0 Å². The number of ether oxygens (including phenoxy) is 1. The molecule has 1 aromatic rings. The molecule has 1 atom stereocenters. The Balaban J connectivity index is 1.43. The summed E-state index contributed by atoms with van der Waals surface area (Å²) in [5.74, 6) is 0.688. The molecule has 2 amide bonds. The van der Waals surface area contributed by atoms with Crippen molar-refractivity contribution in [2.75, 3.05) is 26.3 Å². The van der Waals surface area contributed by atoms with Crippen LogP contribution >= 0.6 is 0 Å². The van der Waals surface area contributed by atoms with Crippen molar-refractivity contribution in [2.45, 2.75) is 44.7 Å². The molecule has 2 fully saturated rings. The molecule has 24 heavy (non-hydrogen) atoms. The number of rotatable bonds is 3. The molecule has 2 heterocycles. The van der Waals surface area contributed by atoms with Gasteiger partial charge in [0.1, 0.15) is 0 Å². The van der Waals surface area contributed by atoms with Gasteiger partial charge in [-0.05, 0) is 43.6 Å². The van der Waals surface area contributed by atoms with E-state index in [1.54, 1.807) is 6.07 Å². The van der Waals surface area contributed by atoms with Crippen molar-refractivity contribution in [1.29, 1.82) is 0 Å². The molecule has 0 radical (unpaired) electrons. The number of pyridine rings is 1. The third kappa shape index (κ3) is 3.34. The minimum absolute atomic E-state index is 0.0121. The van der Waals surface area contributed by atoms with E-state index in [-0.39, 0.29) is 17.6 Å². The van der Waals surface area contributed by atoms with Gasteiger partial charge in [-0.25, -0.2) is 4.79 Å². The van der Waals surface area contributed by atoms with Crippen LogP contribution in [0.1, 0.15) is 30.5 Å². The third-order valence-corrected chi connectivity index (χ3v) is 5.35. The van der Waals surface area contributed by atoms with E-state index in [1.807, 2.05) is 15.5 Å². The molecule has 6 nitrogen and oxygen atoms in total. The summed E-state index contributed by atoms with van der Waals surface area (Å²) in [6.07, 6.45) is 5.07. The predicted octanol–water partition coefficient (Wildman–Crippen LogP) is 1.16. The average Bonchev–Trinajstić information content (AvgIpc) is 3.42. The molecule has 2 aliphatic carbocycles. The van der Waals surface area contributed by atoms with Gasteiger partial charge in [-0.1, -0.05) is 6.07 Å². The summed E-state index contributed by atoms with van der Waals surface area (Å²) < 4.78 is 7.27. The topological polar surface area (TPSA) is 63.6 Å². The molecule has 3 aliphatic rings. The van der Waals surface area contributed by atoms with Gasteiger partial charge in [0.25, 0.3) is 5.56 Å². The Morgan fingerprint density at radius 3 is 2.75 bits per heavy atom. The highest BCUT2D eigenvalue weighted by Gasteiger charge is 2.28. The number of hydrogen-bond acceptors (Lipinski definition) is 3. The Morgan fingerprint density at radius 1 is 1.21 bits per heavy atom. The number of morpholine rings is 1. The Kier molecular flexibility index (Phi) is 4.31. The van der Waals surface area contributed by atoms with Crippen molar-refractivity contribution >= 4 is 6.03 Å².